The molecular formula is C19H23ClN2O2. The van der Waals surface area contributed by atoms with Gasteiger partial charge in [0.1, 0.15) is 5.75 Å². The summed E-state index contributed by atoms with van der Waals surface area (Å²) in [5.41, 5.74) is 2.18. The van der Waals surface area contributed by atoms with Gasteiger partial charge in [0.05, 0.1) is 0 Å². The van der Waals surface area contributed by atoms with E-state index in [4.69, 9.17) is 16.3 Å². The number of carbonyl (C=O) groups excluding carboxylic acids is 1. The Morgan fingerprint density at radius 1 is 1.21 bits per heavy atom. The van der Waals surface area contributed by atoms with Crippen molar-refractivity contribution in [3.05, 3.63) is 64.7 Å². The van der Waals surface area contributed by atoms with Crippen LogP contribution in [0.1, 0.15) is 30.5 Å². The van der Waals surface area contributed by atoms with Gasteiger partial charge in [-0.15, -0.1) is 0 Å². The number of hydrogen-bond acceptors (Lipinski definition) is 3. The lowest BCUT2D eigenvalue weighted by Gasteiger charge is -2.21. The van der Waals surface area contributed by atoms with E-state index in [9.17, 15) is 4.79 Å². The smallest absolute Gasteiger partial charge is 0.257 e. The number of carbonyl (C=O) groups is 1. The first-order valence-corrected chi connectivity index (χ1v) is 8.42. The lowest BCUT2D eigenvalue weighted by atomic mass is 10.0. The highest BCUT2D eigenvalue weighted by atomic mass is 35.5. The van der Waals surface area contributed by atoms with Crippen molar-refractivity contribution in [2.45, 2.75) is 25.9 Å². The Kier molecular flexibility index (Phi) is 7.09. The van der Waals surface area contributed by atoms with Gasteiger partial charge in [-0.2, -0.15) is 0 Å². The van der Waals surface area contributed by atoms with Crippen molar-refractivity contribution in [2.24, 2.45) is 0 Å². The third kappa shape index (κ3) is 5.25. The summed E-state index contributed by atoms with van der Waals surface area (Å²) in [6, 6.07) is 15.7. The molecule has 5 heteroatoms. The standard InChI is InChI=1S/C19H23ClN2O2/c1-3-17(22-12-14-7-6-8-15(20)11-14)16-9-4-5-10-18(16)24-13-19(23)21-2/h4-11,17,22H,3,12-13H2,1-2H3,(H,21,23)/t17-/m1/s1. The van der Waals surface area contributed by atoms with Crippen LogP contribution >= 0.6 is 11.6 Å². The Balaban J connectivity index is 2.07. The average molecular weight is 347 g/mol. The summed E-state index contributed by atoms with van der Waals surface area (Å²) in [6.45, 7) is 2.84. The molecule has 2 N–H and O–H groups in total. The first-order valence-electron chi connectivity index (χ1n) is 8.04. The number of likely N-dealkylation sites (N-methyl/N-ethyl adjacent to an activating group) is 1. The molecule has 128 valence electrons. The molecule has 24 heavy (non-hydrogen) atoms. The van der Waals surface area contributed by atoms with Crippen molar-refractivity contribution in [2.75, 3.05) is 13.7 Å². The fraction of sp³-hybridized carbons (Fsp3) is 0.316. The van der Waals surface area contributed by atoms with Crippen LogP contribution in [0.3, 0.4) is 0 Å². The van der Waals surface area contributed by atoms with Crippen LogP contribution in [0.25, 0.3) is 0 Å². The zero-order valence-electron chi connectivity index (χ0n) is 14.0. The molecule has 1 atom stereocenters. The molecule has 0 aliphatic heterocycles. The molecule has 0 unspecified atom stereocenters. The fourth-order valence-electron chi connectivity index (χ4n) is 2.48. The van der Waals surface area contributed by atoms with E-state index in [2.05, 4.69) is 17.6 Å². The van der Waals surface area contributed by atoms with Gasteiger partial charge < -0.3 is 15.4 Å². The summed E-state index contributed by atoms with van der Waals surface area (Å²) in [5.74, 6) is 0.580. The Morgan fingerprint density at radius 2 is 2.00 bits per heavy atom. The lowest BCUT2D eigenvalue weighted by molar-refractivity contribution is -0.122. The number of nitrogens with one attached hydrogen (secondary N) is 2. The Labute approximate surface area is 148 Å². The molecule has 0 heterocycles. The summed E-state index contributed by atoms with van der Waals surface area (Å²) >= 11 is 6.04. The maximum absolute atomic E-state index is 11.4. The number of ether oxygens (including phenoxy) is 1. The first-order chi connectivity index (χ1) is 11.6. The fourth-order valence-corrected chi connectivity index (χ4v) is 2.69. The van der Waals surface area contributed by atoms with Gasteiger partial charge in [0.2, 0.25) is 0 Å². The van der Waals surface area contributed by atoms with Gasteiger partial charge in [-0.1, -0.05) is 48.9 Å². The Bertz CT molecular complexity index is 676. The van der Waals surface area contributed by atoms with E-state index in [-0.39, 0.29) is 18.6 Å². The van der Waals surface area contributed by atoms with Gasteiger partial charge in [-0.3, -0.25) is 4.79 Å². The van der Waals surface area contributed by atoms with Gasteiger partial charge in [0.15, 0.2) is 6.61 Å². The highest BCUT2D eigenvalue weighted by Gasteiger charge is 2.14. The molecule has 0 aliphatic carbocycles. The summed E-state index contributed by atoms with van der Waals surface area (Å²) in [4.78, 5) is 11.4. The number of halogens is 1. The van der Waals surface area contributed by atoms with Crippen LogP contribution in [0.4, 0.5) is 0 Å². The van der Waals surface area contributed by atoms with Crippen LogP contribution in [-0.2, 0) is 11.3 Å². The predicted molar refractivity (Wildman–Crippen MR) is 97.3 cm³/mol. The largest absolute Gasteiger partial charge is 0.483 e. The molecule has 0 spiro atoms. The molecule has 0 radical (unpaired) electrons. The van der Waals surface area contributed by atoms with Crippen LogP contribution in [0.5, 0.6) is 5.75 Å². The van der Waals surface area contributed by atoms with E-state index in [0.717, 1.165) is 28.3 Å². The minimum absolute atomic E-state index is 0.0121. The molecule has 0 aromatic heterocycles. The minimum atomic E-state index is -0.148. The molecular weight excluding hydrogens is 324 g/mol. The SMILES string of the molecule is CC[C@@H](NCc1cccc(Cl)c1)c1ccccc1OCC(=O)NC. The number of hydrogen-bond donors (Lipinski definition) is 2. The van der Waals surface area contributed by atoms with Gasteiger partial charge in [-0.25, -0.2) is 0 Å². The number of benzene rings is 2. The quantitative estimate of drug-likeness (QED) is 0.766. The maximum Gasteiger partial charge on any atom is 0.257 e. The summed E-state index contributed by atoms with van der Waals surface area (Å²) in [6.07, 6.45) is 0.904. The van der Waals surface area contributed by atoms with Crippen molar-refractivity contribution >= 4 is 17.5 Å². The van der Waals surface area contributed by atoms with E-state index in [1.807, 2.05) is 48.5 Å². The molecule has 0 bridgehead atoms. The second kappa shape index (κ2) is 9.30. The molecule has 0 saturated heterocycles. The molecule has 0 aliphatic rings. The zero-order chi connectivity index (χ0) is 17.4. The molecule has 1 amide bonds. The average Bonchev–Trinajstić information content (AvgIpc) is 2.61. The van der Waals surface area contributed by atoms with E-state index in [0.29, 0.717) is 6.54 Å². The number of para-hydroxylation sites is 1. The second-order valence-electron chi connectivity index (χ2n) is 5.47. The van der Waals surface area contributed by atoms with Crippen LogP contribution in [0.15, 0.2) is 48.5 Å². The third-order valence-corrected chi connectivity index (χ3v) is 4.02. The van der Waals surface area contributed by atoms with Crippen LogP contribution in [0.2, 0.25) is 5.02 Å². The summed E-state index contributed by atoms with van der Waals surface area (Å²) in [5, 5.41) is 6.82. The molecule has 0 fully saturated rings. The summed E-state index contributed by atoms with van der Waals surface area (Å²) in [7, 11) is 1.60. The van der Waals surface area contributed by atoms with Crippen LogP contribution in [0, 0.1) is 0 Å². The summed E-state index contributed by atoms with van der Waals surface area (Å²) < 4.78 is 5.67. The zero-order valence-corrected chi connectivity index (χ0v) is 14.8. The van der Waals surface area contributed by atoms with Crippen LogP contribution in [-0.4, -0.2) is 19.6 Å². The highest BCUT2D eigenvalue weighted by molar-refractivity contribution is 6.30. The van der Waals surface area contributed by atoms with Crippen molar-refractivity contribution in [1.29, 1.82) is 0 Å². The topological polar surface area (TPSA) is 50.4 Å². The molecule has 4 nitrogen and oxygen atoms in total. The molecule has 2 rings (SSSR count). The van der Waals surface area contributed by atoms with E-state index >= 15 is 0 Å². The van der Waals surface area contributed by atoms with Gasteiger partial charge in [0.25, 0.3) is 5.91 Å². The molecule has 2 aromatic carbocycles. The van der Waals surface area contributed by atoms with Crippen molar-refractivity contribution in [3.8, 4) is 5.75 Å². The third-order valence-electron chi connectivity index (χ3n) is 3.78. The van der Waals surface area contributed by atoms with Crippen molar-refractivity contribution < 1.29 is 9.53 Å². The number of rotatable bonds is 8. The Hall–Kier alpha value is -2.04. The van der Waals surface area contributed by atoms with E-state index < -0.39 is 0 Å². The molecule has 0 saturated carbocycles. The maximum atomic E-state index is 11.4. The van der Waals surface area contributed by atoms with Gasteiger partial charge in [0, 0.05) is 30.2 Å². The van der Waals surface area contributed by atoms with Crippen molar-refractivity contribution in [3.63, 3.8) is 0 Å². The van der Waals surface area contributed by atoms with Gasteiger partial charge >= 0.3 is 0 Å². The van der Waals surface area contributed by atoms with Crippen molar-refractivity contribution in [1.82, 2.24) is 10.6 Å². The van der Waals surface area contributed by atoms with E-state index in [1.54, 1.807) is 7.05 Å². The highest BCUT2D eigenvalue weighted by Crippen LogP contribution is 2.27. The van der Waals surface area contributed by atoms with E-state index in [1.165, 1.54) is 0 Å². The monoisotopic (exact) mass is 346 g/mol. The molecule has 2 aromatic rings. The predicted octanol–water partition coefficient (Wildman–Crippen LogP) is 3.71. The number of amides is 1. The van der Waals surface area contributed by atoms with Gasteiger partial charge in [-0.05, 0) is 30.2 Å². The minimum Gasteiger partial charge on any atom is -0.483 e. The van der Waals surface area contributed by atoms with Crippen LogP contribution < -0.4 is 15.4 Å². The first kappa shape index (κ1) is 18.3. The second-order valence-corrected chi connectivity index (χ2v) is 5.91. The normalized spacial score (nSPS) is 11.8. The Morgan fingerprint density at radius 3 is 2.71 bits per heavy atom. The lowest BCUT2D eigenvalue weighted by Crippen LogP contribution is -2.26.